The SMILES string of the molecule is CC[NH+](CC)CCO.O=C([O-])CSc1c2ccccc2nc2ccc(Cl)cc12. The van der Waals surface area contributed by atoms with Crippen LogP contribution in [0.4, 0.5) is 0 Å². The fourth-order valence-electron chi connectivity index (χ4n) is 2.87. The van der Waals surface area contributed by atoms with E-state index in [1.165, 1.54) is 16.7 Å². The van der Waals surface area contributed by atoms with Crippen LogP contribution in [0, 0.1) is 0 Å². The number of aliphatic hydroxyl groups excluding tert-OH is 1. The lowest BCUT2D eigenvalue weighted by Crippen LogP contribution is -3.11. The molecule has 0 atom stereocenters. The molecule has 0 spiro atoms. The monoisotopic (exact) mass is 420 g/mol. The maximum Gasteiger partial charge on any atom is 0.101 e. The number of aliphatic carboxylic acids is 1. The van der Waals surface area contributed by atoms with Crippen LogP contribution in [0.2, 0.25) is 5.02 Å². The van der Waals surface area contributed by atoms with Crippen molar-refractivity contribution in [1.29, 1.82) is 0 Å². The van der Waals surface area contributed by atoms with Crippen LogP contribution in [0.3, 0.4) is 0 Å². The molecular formula is C21H25ClN2O3S. The van der Waals surface area contributed by atoms with E-state index in [1.54, 1.807) is 6.07 Å². The van der Waals surface area contributed by atoms with E-state index in [4.69, 9.17) is 16.7 Å². The molecule has 3 aromatic rings. The van der Waals surface area contributed by atoms with E-state index in [0.717, 1.165) is 46.3 Å². The summed E-state index contributed by atoms with van der Waals surface area (Å²) >= 11 is 7.27. The number of halogens is 1. The van der Waals surface area contributed by atoms with Gasteiger partial charge in [0.05, 0.1) is 36.7 Å². The molecule has 150 valence electrons. The van der Waals surface area contributed by atoms with Crippen LogP contribution in [0.25, 0.3) is 21.8 Å². The molecule has 2 aromatic carbocycles. The summed E-state index contributed by atoms with van der Waals surface area (Å²) in [6, 6.07) is 13.1. The Morgan fingerprint density at radius 3 is 2.43 bits per heavy atom. The first-order valence-corrected chi connectivity index (χ1v) is 10.6. The number of fused-ring (bicyclic) bond motifs is 2. The minimum atomic E-state index is -1.09. The van der Waals surface area contributed by atoms with Crippen molar-refractivity contribution in [1.82, 2.24) is 4.98 Å². The maximum atomic E-state index is 10.7. The topological polar surface area (TPSA) is 77.7 Å². The van der Waals surface area contributed by atoms with Crippen molar-refractivity contribution >= 4 is 51.1 Å². The Bertz CT molecular complexity index is 932. The molecule has 0 aliphatic rings. The lowest BCUT2D eigenvalue weighted by atomic mass is 10.1. The number of aromatic nitrogens is 1. The zero-order valence-corrected chi connectivity index (χ0v) is 17.6. The minimum Gasteiger partial charge on any atom is -0.549 e. The van der Waals surface area contributed by atoms with Crippen molar-refractivity contribution in [3.05, 3.63) is 47.5 Å². The van der Waals surface area contributed by atoms with Gasteiger partial charge in [-0.1, -0.05) is 29.8 Å². The predicted octanol–water partition coefficient (Wildman–Crippen LogP) is 1.79. The minimum absolute atomic E-state index is 0.102. The van der Waals surface area contributed by atoms with Crippen LogP contribution in [0.1, 0.15) is 13.8 Å². The molecule has 0 saturated heterocycles. The molecule has 28 heavy (non-hydrogen) atoms. The van der Waals surface area contributed by atoms with Crippen LogP contribution in [-0.2, 0) is 4.79 Å². The Kier molecular flexibility index (Phi) is 8.99. The Hall–Kier alpha value is -1.86. The summed E-state index contributed by atoms with van der Waals surface area (Å²) in [5.74, 6) is -1.19. The summed E-state index contributed by atoms with van der Waals surface area (Å²) in [6.45, 7) is 7.72. The van der Waals surface area contributed by atoms with Gasteiger partial charge in [0, 0.05) is 26.4 Å². The van der Waals surface area contributed by atoms with E-state index in [2.05, 4.69) is 18.8 Å². The van der Waals surface area contributed by atoms with E-state index in [1.807, 2.05) is 36.4 Å². The van der Waals surface area contributed by atoms with E-state index < -0.39 is 5.97 Å². The van der Waals surface area contributed by atoms with Crippen molar-refractivity contribution in [2.45, 2.75) is 18.7 Å². The average molecular weight is 421 g/mol. The number of nitrogens with one attached hydrogen (secondary N) is 1. The summed E-state index contributed by atoms with van der Waals surface area (Å²) in [4.78, 5) is 17.6. The van der Waals surface area contributed by atoms with Gasteiger partial charge < -0.3 is 19.9 Å². The average Bonchev–Trinajstić information content (AvgIpc) is 2.70. The highest BCUT2D eigenvalue weighted by Gasteiger charge is 2.10. The van der Waals surface area contributed by atoms with Crippen LogP contribution < -0.4 is 10.0 Å². The van der Waals surface area contributed by atoms with Gasteiger partial charge in [-0.05, 0) is 38.1 Å². The predicted molar refractivity (Wildman–Crippen MR) is 114 cm³/mol. The molecule has 0 unspecified atom stereocenters. The summed E-state index contributed by atoms with van der Waals surface area (Å²) < 4.78 is 0. The van der Waals surface area contributed by atoms with E-state index in [-0.39, 0.29) is 5.75 Å². The molecule has 0 aliphatic heterocycles. The molecular weight excluding hydrogens is 396 g/mol. The number of para-hydroxylation sites is 1. The highest BCUT2D eigenvalue weighted by atomic mass is 35.5. The first kappa shape index (κ1) is 22.4. The Morgan fingerprint density at radius 2 is 1.82 bits per heavy atom. The molecule has 0 amide bonds. The number of thioether (sulfide) groups is 1. The number of carboxylic acids is 1. The van der Waals surface area contributed by atoms with Crippen molar-refractivity contribution in [2.75, 3.05) is 32.0 Å². The number of aliphatic hydroxyl groups is 1. The summed E-state index contributed by atoms with van der Waals surface area (Å²) in [6.07, 6.45) is 0. The number of rotatable bonds is 7. The fourth-order valence-corrected chi connectivity index (χ4v) is 3.96. The summed E-state index contributed by atoms with van der Waals surface area (Å²) in [5, 5.41) is 21.6. The Labute approximate surface area is 174 Å². The third-order valence-corrected chi connectivity index (χ3v) is 5.74. The second-order valence-corrected chi connectivity index (χ2v) is 7.63. The van der Waals surface area contributed by atoms with Gasteiger partial charge >= 0.3 is 0 Å². The number of hydrogen-bond acceptors (Lipinski definition) is 5. The van der Waals surface area contributed by atoms with Gasteiger partial charge in [0.25, 0.3) is 0 Å². The number of carbonyl (C=O) groups is 1. The highest BCUT2D eigenvalue weighted by molar-refractivity contribution is 8.00. The maximum absolute atomic E-state index is 10.7. The number of nitrogens with zero attached hydrogens (tertiary/aromatic N) is 1. The van der Waals surface area contributed by atoms with E-state index in [9.17, 15) is 9.90 Å². The molecule has 3 rings (SSSR count). The number of hydrogen-bond donors (Lipinski definition) is 2. The van der Waals surface area contributed by atoms with Gasteiger partial charge in [0.15, 0.2) is 0 Å². The van der Waals surface area contributed by atoms with Crippen LogP contribution in [0.5, 0.6) is 0 Å². The lowest BCUT2D eigenvalue weighted by Gasteiger charge is -2.12. The van der Waals surface area contributed by atoms with Crippen molar-refractivity contribution in [3.8, 4) is 0 Å². The first-order valence-electron chi connectivity index (χ1n) is 9.25. The molecule has 2 N–H and O–H groups in total. The van der Waals surface area contributed by atoms with Gasteiger partial charge in [-0.25, -0.2) is 4.98 Å². The fraction of sp³-hybridized carbons (Fsp3) is 0.333. The Balaban J connectivity index is 0.000000300. The summed E-state index contributed by atoms with van der Waals surface area (Å²) in [5.41, 5.74) is 1.64. The molecule has 1 heterocycles. The zero-order chi connectivity index (χ0) is 20.5. The quantitative estimate of drug-likeness (QED) is 0.450. The van der Waals surface area contributed by atoms with Gasteiger partial charge in [0.2, 0.25) is 0 Å². The number of carbonyl (C=O) groups excluding carboxylic acids is 1. The molecule has 0 aliphatic carbocycles. The largest absolute Gasteiger partial charge is 0.549 e. The van der Waals surface area contributed by atoms with Crippen molar-refractivity contribution < 1.29 is 19.9 Å². The molecule has 1 aromatic heterocycles. The molecule has 0 saturated carbocycles. The molecule has 0 fully saturated rings. The number of carboxylic acid groups (broad SMARTS) is 1. The third kappa shape index (κ3) is 6.07. The first-order chi connectivity index (χ1) is 13.5. The molecule has 5 nitrogen and oxygen atoms in total. The number of likely N-dealkylation sites (N-methyl/N-ethyl adjacent to an activating group) is 1. The summed E-state index contributed by atoms with van der Waals surface area (Å²) in [7, 11) is 0. The highest BCUT2D eigenvalue weighted by Crippen LogP contribution is 2.35. The van der Waals surface area contributed by atoms with E-state index >= 15 is 0 Å². The van der Waals surface area contributed by atoms with Crippen LogP contribution in [0.15, 0.2) is 47.4 Å². The van der Waals surface area contributed by atoms with Crippen molar-refractivity contribution in [2.24, 2.45) is 0 Å². The van der Waals surface area contributed by atoms with Crippen molar-refractivity contribution in [3.63, 3.8) is 0 Å². The number of pyridine rings is 1. The van der Waals surface area contributed by atoms with Gasteiger partial charge in [0.1, 0.15) is 6.54 Å². The second kappa shape index (κ2) is 11.2. The molecule has 0 bridgehead atoms. The third-order valence-electron chi connectivity index (χ3n) is 4.39. The number of benzene rings is 2. The standard InChI is InChI=1S/C15H10ClNO2S.C6H15NO/c16-9-5-6-13-11(7-9)15(20-8-14(18)19)10-3-1-2-4-12(10)17-13;1-3-7(4-2)5-6-8/h1-7H,8H2,(H,18,19);8H,3-6H2,1-2H3. The normalized spacial score (nSPS) is 10.9. The smallest absolute Gasteiger partial charge is 0.101 e. The van der Waals surface area contributed by atoms with Gasteiger partial charge in [-0.3, -0.25) is 0 Å². The zero-order valence-electron chi connectivity index (χ0n) is 16.1. The number of quaternary nitrogens is 1. The Morgan fingerprint density at radius 1 is 1.14 bits per heavy atom. The van der Waals surface area contributed by atoms with Crippen LogP contribution in [-0.4, -0.2) is 48.1 Å². The van der Waals surface area contributed by atoms with E-state index in [0.29, 0.717) is 11.6 Å². The lowest BCUT2D eigenvalue weighted by molar-refractivity contribution is -0.896. The van der Waals surface area contributed by atoms with Gasteiger partial charge in [-0.2, -0.15) is 0 Å². The van der Waals surface area contributed by atoms with Gasteiger partial charge in [-0.15, -0.1) is 11.8 Å². The van der Waals surface area contributed by atoms with Crippen LogP contribution >= 0.6 is 23.4 Å². The molecule has 7 heteroatoms. The molecule has 0 radical (unpaired) electrons. The second-order valence-electron chi connectivity index (χ2n) is 6.21.